The van der Waals surface area contributed by atoms with Crippen molar-refractivity contribution in [2.75, 3.05) is 5.32 Å². The summed E-state index contributed by atoms with van der Waals surface area (Å²) < 4.78 is 7.27. The van der Waals surface area contributed by atoms with Crippen molar-refractivity contribution in [2.45, 2.75) is 20.4 Å². The first-order chi connectivity index (χ1) is 16.4. The molecule has 0 saturated carbocycles. The zero-order chi connectivity index (χ0) is 24.1. The van der Waals surface area contributed by atoms with Crippen molar-refractivity contribution in [1.29, 1.82) is 0 Å². The van der Waals surface area contributed by atoms with Gasteiger partial charge < -0.3 is 15.1 Å². The number of carbonyl (C=O) groups excluding carboxylic acids is 3. The number of nitrogens with zero attached hydrogens (tertiary/aromatic N) is 3. The first-order valence-electron chi connectivity index (χ1n) is 10.4. The average Bonchev–Trinajstić information content (AvgIpc) is 3.41. The summed E-state index contributed by atoms with van der Waals surface area (Å²) in [5.41, 5.74) is 5.65. The van der Waals surface area contributed by atoms with Gasteiger partial charge in [-0.15, -0.1) is 0 Å². The molecule has 0 aliphatic rings. The molecule has 3 aromatic heterocycles. The summed E-state index contributed by atoms with van der Waals surface area (Å²) in [4.78, 5) is 40.9. The number of imidazole rings is 1. The van der Waals surface area contributed by atoms with E-state index in [0.29, 0.717) is 34.2 Å². The van der Waals surface area contributed by atoms with Gasteiger partial charge in [-0.3, -0.25) is 18.8 Å². The van der Waals surface area contributed by atoms with E-state index in [4.69, 9.17) is 4.42 Å². The Morgan fingerprint density at radius 1 is 1.03 bits per heavy atom. The molecule has 10 heteroatoms. The summed E-state index contributed by atoms with van der Waals surface area (Å²) in [6, 6.07) is 15.7. The van der Waals surface area contributed by atoms with Crippen LogP contribution in [-0.2, 0) is 16.1 Å². The maximum atomic E-state index is 12.6. The summed E-state index contributed by atoms with van der Waals surface area (Å²) in [5.74, 6) is -1.19. The number of furan rings is 1. The number of benzene rings is 1. The first kappa shape index (κ1) is 22.5. The van der Waals surface area contributed by atoms with Crippen LogP contribution in [0.5, 0.6) is 0 Å². The topological polar surface area (TPSA) is 130 Å². The lowest BCUT2D eigenvalue weighted by molar-refractivity contribution is -0.136. The number of hydrogen-bond acceptors (Lipinski definition) is 6. The van der Waals surface area contributed by atoms with Gasteiger partial charge in [0.1, 0.15) is 22.9 Å². The van der Waals surface area contributed by atoms with E-state index in [1.807, 2.05) is 25.3 Å². The number of nitrogens with one attached hydrogen (secondary N) is 3. The van der Waals surface area contributed by atoms with Crippen molar-refractivity contribution >= 4 is 35.3 Å². The first-order valence-corrected chi connectivity index (χ1v) is 10.4. The third kappa shape index (κ3) is 5.18. The number of fused-ring (bicyclic) bond motifs is 1. The molecule has 172 valence electrons. The van der Waals surface area contributed by atoms with Gasteiger partial charge in [0.25, 0.3) is 5.91 Å². The maximum Gasteiger partial charge on any atom is 0.313 e. The van der Waals surface area contributed by atoms with Gasteiger partial charge in [-0.2, -0.15) is 5.10 Å². The zero-order valence-corrected chi connectivity index (χ0v) is 18.5. The van der Waals surface area contributed by atoms with Crippen LogP contribution >= 0.6 is 0 Å². The van der Waals surface area contributed by atoms with Crippen molar-refractivity contribution in [3.05, 3.63) is 89.3 Å². The van der Waals surface area contributed by atoms with E-state index in [0.717, 1.165) is 5.56 Å². The number of rotatable bonds is 6. The smallest absolute Gasteiger partial charge is 0.313 e. The molecule has 0 bridgehead atoms. The lowest BCUT2D eigenvalue weighted by atomic mass is 10.3. The molecule has 0 radical (unpaired) electrons. The van der Waals surface area contributed by atoms with Gasteiger partial charge in [-0.05, 0) is 49.7 Å². The number of hydrazone groups is 1. The van der Waals surface area contributed by atoms with Crippen LogP contribution in [0.15, 0.2) is 70.3 Å². The molecule has 3 amide bonds. The minimum atomic E-state index is -0.790. The Morgan fingerprint density at radius 2 is 1.82 bits per heavy atom. The SMILES string of the molecule is Cc1ccc2nc(C)c(C(=O)N/N=C/c3ccc(CNC(=O)C(=O)Nc4ccccc4)o3)n2c1. The van der Waals surface area contributed by atoms with Gasteiger partial charge >= 0.3 is 11.8 Å². The van der Waals surface area contributed by atoms with Gasteiger partial charge in [-0.25, -0.2) is 10.4 Å². The van der Waals surface area contributed by atoms with E-state index < -0.39 is 17.7 Å². The third-order valence-corrected chi connectivity index (χ3v) is 4.86. The minimum absolute atomic E-state index is 0.0155. The molecule has 0 aliphatic carbocycles. The predicted molar refractivity (Wildman–Crippen MR) is 125 cm³/mol. The lowest BCUT2D eigenvalue weighted by Crippen LogP contribution is -2.34. The Balaban J connectivity index is 1.31. The van der Waals surface area contributed by atoms with Crippen molar-refractivity contribution in [1.82, 2.24) is 20.1 Å². The fourth-order valence-electron chi connectivity index (χ4n) is 3.27. The van der Waals surface area contributed by atoms with Crippen LogP contribution in [0.4, 0.5) is 5.69 Å². The molecule has 4 aromatic rings. The maximum absolute atomic E-state index is 12.6. The number of anilines is 1. The monoisotopic (exact) mass is 458 g/mol. The highest BCUT2D eigenvalue weighted by molar-refractivity contribution is 6.39. The molecular formula is C24H22N6O4. The van der Waals surface area contributed by atoms with Crippen LogP contribution in [-0.4, -0.2) is 33.3 Å². The molecule has 3 N–H and O–H groups in total. The standard InChI is InChI=1S/C24H22N6O4/c1-15-8-11-20-27-16(2)21(30(20)14-15)22(31)29-26-13-19-10-9-18(34-19)12-25-23(32)24(33)28-17-6-4-3-5-7-17/h3-11,13-14H,12H2,1-2H3,(H,25,32)(H,28,33)(H,29,31)/b26-13+. The quantitative estimate of drug-likeness (QED) is 0.232. The van der Waals surface area contributed by atoms with E-state index in [1.54, 1.807) is 53.8 Å². The average molecular weight is 458 g/mol. The fourth-order valence-corrected chi connectivity index (χ4v) is 3.27. The highest BCUT2D eigenvalue weighted by Gasteiger charge is 2.16. The van der Waals surface area contributed by atoms with Crippen LogP contribution in [0.3, 0.4) is 0 Å². The summed E-state index contributed by atoms with van der Waals surface area (Å²) in [5, 5.41) is 8.93. The number of aryl methyl sites for hydroxylation is 2. The summed E-state index contributed by atoms with van der Waals surface area (Å²) >= 11 is 0. The summed E-state index contributed by atoms with van der Waals surface area (Å²) in [6.07, 6.45) is 3.18. The number of pyridine rings is 1. The Hall–Kier alpha value is -4.73. The van der Waals surface area contributed by atoms with Crippen molar-refractivity contribution < 1.29 is 18.8 Å². The molecule has 3 heterocycles. The molecule has 4 rings (SSSR count). The zero-order valence-electron chi connectivity index (χ0n) is 18.5. The number of aromatic nitrogens is 2. The molecule has 0 atom stereocenters. The molecule has 1 aromatic carbocycles. The highest BCUT2D eigenvalue weighted by Crippen LogP contribution is 2.13. The third-order valence-electron chi connectivity index (χ3n) is 4.86. The number of para-hydroxylation sites is 1. The molecule has 0 fully saturated rings. The van der Waals surface area contributed by atoms with E-state index in [-0.39, 0.29) is 6.54 Å². The molecule has 0 saturated heterocycles. The Labute approximate surface area is 194 Å². The largest absolute Gasteiger partial charge is 0.458 e. The second-order valence-electron chi connectivity index (χ2n) is 7.49. The van der Waals surface area contributed by atoms with Gasteiger partial charge in [0.05, 0.1) is 18.5 Å². The van der Waals surface area contributed by atoms with Crippen molar-refractivity contribution in [3.8, 4) is 0 Å². The van der Waals surface area contributed by atoms with Gasteiger partial charge in [-0.1, -0.05) is 24.3 Å². The van der Waals surface area contributed by atoms with Crippen molar-refractivity contribution in [2.24, 2.45) is 5.10 Å². The van der Waals surface area contributed by atoms with Crippen LogP contribution in [0, 0.1) is 13.8 Å². The van der Waals surface area contributed by atoms with Crippen LogP contribution in [0.2, 0.25) is 0 Å². The normalized spacial score (nSPS) is 11.0. The second-order valence-corrected chi connectivity index (χ2v) is 7.49. The van der Waals surface area contributed by atoms with Gasteiger partial charge in [0.2, 0.25) is 0 Å². The molecule has 10 nitrogen and oxygen atoms in total. The highest BCUT2D eigenvalue weighted by atomic mass is 16.3. The Bertz CT molecular complexity index is 1390. The van der Waals surface area contributed by atoms with Crippen molar-refractivity contribution in [3.63, 3.8) is 0 Å². The Morgan fingerprint density at radius 3 is 2.62 bits per heavy atom. The second kappa shape index (κ2) is 9.82. The molecule has 0 aliphatic heterocycles. The number of hydrogen-bond donors (Lipinski definition) is 3. The van der Waals surface area contributed by atoms with E-state index in [1.165, 1.54) is 6.21 Å². The van der Waals surface area contributed by atoms with Crippen LogP contribution in [0.25, 0.3) is 5.65 Å². The number of carbonyl (C=O) groups is 3. The minimum Gasteiger partial charge on any atom is -0.458 e. The van der Waals surface area contributed by atoms with Gasteiger partial charge in [0, 0.05) is 11.9 Å². The molecule has 0 spiro atoms. The van der Waals surface area contributed by atoms with Crippen LogP contribution < -0.4 is 16.1 Å². The van der Waals surface area contributed by atoms with E-state index >= 15 is 0 Å². The predicted octanol–water partition coefficient (Wildman–Crippen LogP) is 2.56. The molecule has 34 heavy (non-hydrogen) atoms. The lowest BCUT2D eigenvalue weighted by Gasteiger charge is -2.05. The van der Waals surface area contributed by atoms with Crippen LogP contribution in [0.1, 0.15) is 33.3 Å². The summed E-state index contributed by atoms with van der Waals surface area (Å²) in [7, 11) is 0. The fraction of sp³-hybridized carbons (Fsp3) is 0.125. The number of amides is 3. The van der Waals surface area contributed by atoms with E-state index in [2.05, 4.69) is 26.1 Å². The summed E-state index contributed by atoms with van der Waals surface area (Å²) in [6.45, 7) is 3.71. The molecular weight excluding hydrogens is 436 g/mol. The molecule has 0 unspecified atom stereocenters. The van der Waals surface area contributed by atoms with E-state index in [9.17, 15) is 14.4 Å². The van der Waals surface area contributed by atoms with Gasteiger partial charge in [0.15, 0.2) is 0 Å². The Kier molecular flexibility index (Phi) is 6.49.